The molecule has 112 valence electrons. The number of nitrogens with zero attached hydrogens (tertiary/aromatic N) is 1. The summed E-state index contributed by atoms with van der Waals surface area (Å²) in [5, 5.41) is 3.32. The van der Waals surface area contributed by atoms with Gasteiger partial charge in [0.1, 0.15) is 0 Å². The molecule has 3 nitrogen and oxygen atoms in total. The molecule has 1 heterocycles. The third-order valence-electron chi connectivity index (χ3n) is 3.14. The summed E-state index contributed by atoms with van der Waals surface area (Å²) in [4.78, 5) is 4.29. The van der Waals surface area contributed by atoms with Crippen LogP contribution in [0.15, 0.2) is 30.5 Å². The molecule has 2 rings (SSSR count). The van der Waals surface area contributed by atoms with Crippen LogP contribution >= 0.6 is 0 Å². The average Bonchev–Trinajstić information content (AvgIpc) is 2.46. The van der Waals surface area contributed by atoms with Crippen molar-refractivity contribution in [1.29, 1.82) is 0 Å². The van der Waals surface area contributed by atoms with Gasteiger partial charge in [-0.2, -0.15) is 0 Å². The van der Waals surface area contributed by atoms with Gasteiger partial charge in [-0.15, -0.1) is 0 Å². The maximum atomic E-state index is 13.7. The van der Waals surface area contributed by atoms with Crippen LogP contribution in [0.5, 0.6) is 11.6 Å². The Morgan fingerprint density at radius 2 is 2.05 bits per heavy atom. The molecule has 0 amide bonds. The van der Waals surface area contributed by atoms with Crippen molar-refractivity contribution in [2.45, 2.75) is 33.7 Å². The molecule has 0 atom stereocenters. The minimum atomic E-state index is -0.379. The number of ether oxygens (including phenoxy) is 1. The maximum Gasteiger partial charge on any atom is 0.222 e. The van der Waals surface area contributed by atoms with Gasteiger partial charge in [-0.1, -0.05) is 13.0 Å². The second-order valence-electron chi connectivity index (χ2n) is 5.18. The molecule has 4 heteroatoms. The van der Waals surface area contributed by atoms with Crippen LogP contribution in [0.3, 0.4) is 0 Å². The van der Waals surface area contributed by atoms with Crippen molar-refractivity contribution in [2.75, 3.05) is 6.54 Å². The molecule has 0 aliphatic carbocycles. The first-order valence-corrected chi connectivity index (χ1v) is 7.20. The monoisotopic (exact) mass is 288 g/mol. The highest BCUT2D eigenvalue weighted by Gasteiger charge is 2.09. The number of rotatable bonds is 6. The fourth-order valence-electron chi connectivity index (χ4n) is 2.03. The summed E-state index contributed by atoms with van der Waals surface area (Å²) in [6, 6.07) is 6.81. The van der Waals surface area contributed by atoms with E-state index in [0.29, 0.717) is 5.88 Å². The third-order valence-corrected chi connectivity index (χ3v) is 3.14. The molecule has 0 saturated heterocycles. The largest absolute Gasteiger partial charge is 0.436 e. The highest BCUT2D eigenvalue weighted by atomic mass is 19.1. The van der Waals surface area contributed by atoms with E-state index >= 15 is 0 Å². The normalized spacial score (nSPS) is 10.7. The van der Waals surface area contributed by atoms with Crippen molar-refractivity contribution in [3.8, 4) is 11.6 Å². The Morgan fingerprint density at radius 3 is 2.76 bits per heavy atom. The van der Waals surface area contributed by atoms with E-state index in [1.807, 2.05) is 19.9 Å². The molecule has 1 aromatic carbocycles. The molecule has 0 spiro atoms. The Labute approximate surface area is 125 Å². The Kier molecular flexibility index (Phi) is 5.28. The number of benzene rings is 1. The molecule has 1 N–H and O–H groups in total. The summed E-state index contributed by atoms with van der Waals surface area (Å²) >= 11 is 0. The molecule has 0 unspecified atom stereocenters. The first-order chi connectivity index (χ1) is 10.1. The van der Waals surface area contributed by atoms with Gasteiger partial charge < -0.3 is 10.1 Å². The van der Waals surface area contributed by atoms with E-state index in [-0.39, 0.29) is 11.6 Å². The van der Waals surface area contributed by atoms with Gasteiger partial charge in [0.05, 0.1) is 0 Å². The number of halogens is 1. The number of pyridine rings is 1. The van der Waals surface area contributed by atoms with Crippen LogP contribution < -0.4 is 10.1 Å². The Balaban J connectivity index is 2.12. The zero-order valence-electron chi connectivity index (χ0n) is 12.7. The van der Waals surface area contributed by atoms with Gasteiger partial charge in [-0.05, 0) is 56.1 Å². The average molecular weight is 288 g/mol. The van der Waals surface area contributed by atoms with Crippen LogP contribution in [-0.4, -0.2) is 11.5 Å². The van der Waals surface area contributed by atoms with Gasteiger partial charge in [-0.25, -0.2) is 9.37 Å². The van der Waals surface area contributed by atoms with Gasteiger partial charge >= 0.3 is 0 Å². The minimum Gasteiger partial charge on any atom is -0.436 e. The van der Waals surface area contributed by atoms with E-state index in [4.69, 9.17) is 4.74 Å². The number of aryl methyl sites for hydroxylation is 2. The minimum absolute atomic E-state index is 0.211. The zero-order valence-corrected chi connectivity index (χ0v) is 12.7. The number of nitrogens with one attached hydrogen (secondary N) is 1. The van der Waals surface area contributed by atoms with Crippen molar-refractivity contribution >= 4 is 0 Å². The second kappa shape index (κ2) is 7.18. The molecule has 0 bridgehead atoms. The Hall–Kier alpha value is -1.94. The van der Waals surface area contributed by atoms with Gasteiger partial charge in [0, 0.05) is 18.3 Å². The lowest BCUT2D eigenvalue weighted by atomic mass is 10.2. The lowest BCUT2D eigenvalue weighted by Gasteiger charge is -2.10. The molecule has 1 aromatic heterocycles. The topological polar surface area (TPSA) is 34.2 Å². The smallest absolute Gasteiger partial charge is 0.222 e. The fraction of sp³-hybridized carbons (Fsp3) is 0.353. The first-order valence-electron chi connectivity index (χ1n) is 7.20. The molecule has 0 saturated carbocycles. The van der Waals surface area contributed by atoms with Crippen molar-refractivity contribution in [3.63, 3.8) is 0 Å². The first kappa shape index (κ1) is 15.4. The highest BCUT2D eigenvalue weighted by Crippen LogP contribution is 2.26. The summed E-state index contributed by atoms with van der Waals surface area (Å²) in [6.45, 7) is 7.70. The predicted molar refractivity (Wildman–Crippen MR) is 82.2 cm³/mol. The highest BCUT2D eigenvalue weighted by molar-refractivity contribution is 5.36. The summed E-state index contributed by atoms with van der Waals surface area (Å²) in [6.07, 6.45) is 2.86. The van der Waals surface area contributed by atoms with Crippen molar-refractivity contribution < 1.29 is 9.13 Å². The maximum absolute atomic E-state index is 13.7. The van der Waals surface area contributed by atoms with Crippen LogP contribution in [-0.2, 0) is 6.54 Å². The SMILES string of the molecule is CCCNCc1cnc(Oc2cc(C)ccc2F)c(C)c1. The summed E-state index contributed by atoms with van der Waals surface area (Å²) in [7, 11) is 0. The van der Waals surface area contributed by atoms with E-state index in [1.54, 1.807) is 18.3 Å². The van der Waals surface area contributed by atoms with E-state index in [1.165, 1.54) is 6.07 Å². The van der Waals surface area contributed by atoms with Gasteiger partial charge in [0.15, 0.2) is 11.6 Å². The van der Waals surface area contributed by atoms with Crippen LogP contribution in [0.25, 0.3) is 0 Å². The van der Waals surface area contributed by atoms with Crippen LogP contribution in [0.4, 0.5) is 4.39 Å². The van der Waals surface area contributed by atoms with Crippen LogP contribution in [0.2, 0.25) is 0 Å². The van der Waals surface area contributed by atoms with Gasteiger partial charge in [-0.3, -0.25) is 0 Å². The molecule has 2 aromatic rings. The molecule has 0 fully saturated rings. The summed E-state index contributed by atoms with van der Waals surface area (Å²) in [5.74, 6) is 0.275. The second-order valence-corrected chi connectivity index (χ2v) is 5.18. The van der Waals surface area contributed by atoms with Gasteiger partial charge in [0.25, 0.3) is 0 Å². The number of hydrogen-bond donors (Lipinski definition) is 1. The molecule has 0 radical (unpaired) electrons. The quantitative estimate of drug-likeness (QED) is 0.812. The number of aromatic nitrogens is 1. The van der Waals surface area contributed by atoms with Crippen molar-refractivity contribution in [1.82, 2.24) is 10.3 Å². The molecular formula is C17H21FN2O. The predicted octanol–water partition coefficient (Wildman–Crippen LogP) is 4.13. The number of hydrogen-bond acceptors (Lipinski definition) is 3. The summed E-state index contributed by atoms with van der Waals surface area (Å²) in [5.41, 5.74) is 2.94. The van der Waals surface area contributed by atoms with Crippen LogP contribution in [0, 0.1) is 19.7 Å². The van der Waals surface area contributed by atoms with Gasteiger partial charge in [0.2, 0.25) is 5.88 Å². The molecule has 0 aliphatic rings. The van der Waals surface area contributed by atoms with E-state index in [0.717, 1.165) is 36.2 Å². The summed E-state index contributed by atoms with van der Waals surface area (Å²) < 4.78 is 19.3. The van der Waals surface area contributed by atoms with Crippen molar-refractivity contribution in [3.05, 3.63) is 53.0 Å². The third kappa shape index (κ3) is 4.26. The molecule has 21 heavy (non-hydrogen) atoms. The molecular weight excluding hydrogens is 267 g/mol. The molecule has 0 aliphatic heterocycles. The standard InChI is InChI=1S/C17H21FN2O/c1-4-7-19-10-14-9-13(3)17(20-11-14)21-16-8-12(2)5-6-15(16)18/h5-6,8-9,11,19H,4,7,10H2,1-3H3. The Morgan fingerprint density at radius 1 is 1.24 bits per heavy atom. The fourth-order valence-corrected chi connectivity index (χ4v) is 2.03. The Bertz CT molecular complexity index is 614. The van der Waals surface area contributed by atoms with E-state index < -0.39 is 0 Å². The lowest BCUT2D eigenvalue weighted by Crippen LogP contribution is -2.14. The lowest BCUT2D eigenvalue weighted by molar-refractivity contribution is 0.423. The zero-order chi connectivity index (χ0) is 15.2. The van der Waals surface area contributed by atoms with E-state index in [9.17, 15) is 4.39 Å². The van der Waals surface area contributed by atoms with Crippen LogP contribution in [0.1, 0.15) is 30.0 Å². The van der Waals surface area contributed by atoms with E-state index in [2.05, 4.69) is 17.2 Å². The van der Waals surface area contributed by atoms with Crippen molar-refractivity contribution in [2.24, 2.45) is 0 Å².